The molecule has 0 aliphatic carbocycles. The van der Waals surface area contributed by atoms with Gasteiger partial charge in [-0.25, -0.2) is 0 Å². The number of rotatable bonds is 7. The van der Waals surface area contributed by atoms with Crippen molar-refractivity contribution in [3.8, 4) is 5.75 Å². The topological polar surface area (TPSA) is 38.3 Å². The third-order valence-electron chi connectivity index (χ3n) is 3.48. The van der Waals surface area contributed by atoms with Gasteiger partial charge in [-0.15, -0.1) is 0 Å². The zero-order valence-corrected chi connectivity index (χ0v) is 13.0. The lowest BCUT2D eigenvalue weighted by Gasteiger charge is -2.22. The van der Waals surface area contributed by atoms with Crippen LogP contribution in [0, 0.1) is 12.3 Å². The van der Waals surface area contributed by atoms with Crippen molar-refractivity contribution in [1.29, 1.82) is 0 Å². The Bertz CT molecular complexity index is 478. The first-order valence-electron chi connectivity index (χ1n) is 6.99. The molecule has 1 aromatic carbocycles. The van der Waals surface area contributed by atoms with Crippen LogP contribution in [0.1, 0.15) is 37.8 Å². The third-order valence-corrected chi connectivity index (χ3v) is 3.48. The monoisotopic (exact) mass is 275 g/mol. The Balaban J connectivity index is 2.45. The zero-order chi connectivity index (χ0) is 15.2. The highest BCUT2D eigenvalue weighted by atomic mass is 16.5. The van der Waals surface area contributed by atoms with E-state index in [9.17, 15) is 4.79 Å². The van der Waals surface area contributed by atoms with Crippen LogP contribution in [0.5, 0.6) is 5.75 Å². The molecule has 1 amide bonds. The average molecular weight is 275 g/mol. The van der Waals surface area contributed by atoms with Gasteiger partial charge < -0.3 is 10.1 Å². The Morgan fingerprint density at radius 2 is 2.15 bits per heavy atom. The molecular weight excluding hydrogens is 250 g/mol. The number of carbonyl (C=O) groups is 1. The predicted molar refractivity (Wildman–Crippen MR) is 83.8 cm³/mol. The Labute approximate surface area is 122 Å². The Morgan fingerprint density at radius 3 is 2.70 bits per heavy atom. The molecule has 0 aromatic heterocycles. The number of amides is 1. The second-order valence-corrected chi connectivity index (χ2v) is 5.64. The highest BCUT2D eigenvalue weighted by molar-refractivity contribution is 5.81. The molecule has 0 spiro atoms. The minimum Gasteiger partial charge on any atom is -0.493 e. The molecule has 0 atom stereocenters. The van der Waals surface area contributed by atoms with Gasteiger partial charge >= 0.3 is 0 Å². The SMILES string of the molecule is C=Cc1ccc(OCCCC(C)(C)C(=O)NC)c(C)c1. The second kappa shape index (κ2) is 7.13. The summed E-state index contributed by atoms with van der Waals surface area (Å²) < 4.78 is 5.78. The van der Waals surface area contributed by atoms with Crippen molar-refractivity contribution < 1.29 is 9.53 Å². The van der Waals surface area contributed by atoms with E-state index >= 15 is 0 Å². The van der Waals surface area contributed by atoms with Crippen LogP contribution >= 0.6 is 0 Å². The van der Waals surface area contributed by atoms with Crippen LogP contribution in [0.4, 0.5) is 0 Å². The highest BCUT2D eigenvalue weighted by Gasteiger charge is 2.25. The number of carbonyl (C=O) groups excluding carboxylic acids is 1. The number of ether oxygens (including phenoxy) is 1. The molecule has 0 fully saturated rings. The van der Waals surface area contributed by atoms with E-state index in [0.29, 0.717) is 6.61 Å². The largest absolute Gasteiger partial charge is 0.493 e. The molecule has 3 nitrogen and oxygen atoms in total. The maximum atomic E-state index is 11.7. The van der Waals surface area contributed by atoms with Crippen molar-refractivity contribution in [3.63, 3.8) is 0 Å². The van der Waals surface area contributed by atoms with Gasteiger partial charge in [0.15, 0.2) is 0 Å². The standard InChI is InChI=1S/C17H25NO2/c1-6-14-8-9-15(13(2)12-14)20-11-7-10-17(3,4)16(19)18-5/h6,8-9,12H,1,7,10-11H2,2-5H3,(H,18,19). The van der Waals surface area contributed by atoms with E-state index in [1.54, 1.807) is 7.05 Å². The first-order valence-corrected chi connectivity index (χ1v) is 6.99. The molecule has 0 saturated heterocycles. The van der Waals surface area contributed by atoms with Crippen molar-refractivity contribution in [2.45, 2.75) is 33.6 Å². The maximum Gasteiger partial charge on any atom is 0.225 e. The van der Waals surface area contributed by atoms with Crippen molar-refractivity contribution in [3.05, 3.63) is 35.9 Å². The lowest BCUT2D eigenvalue weighted by Crippen LogP contribution is -2.34. The molecular formula is C17H25NO2. The first-order chi connectivity index (χ1) is 9.40. The molecule has 0 unspecified atom stereocenters. The van der Waals surface area contributed by atoms with E-state index in [-0.39, 0.29) is 11.3 Å². The summed E-state index contributed by atoms with van der Waals surface area (Å²) in [5.74, 6) is 0.970. The molecule has 0 bridgehead atoms. The van der Waals surface area contributed by atoms with Gasteiger partial charge in [0.05, 0.1) is 6.61 Å². The summed E-state index contributed by atoms with van der Waals surface area (Å²) in [7, 11) is 1.67. The fourth-order valence-electron chi connectivity index (χ4n) is 2.11. The summed E-state index contributed by atoms with van der Waals surface area (Å²) in [6.07, 6.45) is 3.47. The zero-order valence-electron chi connectivity index (χ0n) is 13.0. The average Bonchev–Trinajstić information content (AvgIpc) is 2.43. The van der Waals surface area contributed by atoms with E-state index in [0.717, 1.165) is 29.7 Å². The van der Waals surface area contributed by atoms with E-state index in [2.05, 4.69) is 18.0 Å². The van der Waals surface area contributed by atoms with E-state index in [4.69, 9.17) is 4.74 Å². The van der Waals surface area contributed by atoms with Gasteiger partial charge in [-0.3, -0.25) is 4.79 Å². The van der Waals surface area contributed by atoms with Crippen LogP contribution in [0.2, 0.25) is 0 Å². The molecule has 0 aliphatic rings. The van der Waals surface area contributed by atoms with Gasteiger partial charge in [0, 0.05) is 12.5 Å². The summed E-state index contributed by atoms with van der Waals surface area (Å²) in [5.41, 5.74) is 1.85. The van der Waals surface area contributed by atoms with Crippen molar-refractivity contribution in [2.75, 3.05) is 13.7 Å². The number of nitrogens with one attached hydrogen (secondary N) is 1. The van der Waals surface area contributed by atoms with E-state index < -0.39 is 0 Å². The Morgan fingerprint density at radius 1 is 1.45 bits per heavy atom. The smallest absolute Gasteiger partial charge is 0.225 e. The second-order valence-electron chi connectivity index (χ2n) is 5.64. The van der Waals surface area contributed by atoms with Gasteiger partial charge in [0.25, 0.3) is 0 Å². The lowest BCUT2D eigenvalue weighted by atomic mass is 9.87. The summed E-state index contributed by atoms with van der Waals surface area (Å²) >= 11 is 0. The summed E-state index contributed by atoms with van der Waals surface area (Å²) in [4.78, 5) is 11.7. The molecule has 3 heteroatoms. The van der Waals surface area contributed by atoms with Gasteiger partial charge in [0.2, 0.25) is 5.91 Å². The summed E-state index contributed by atoms with van der Waals surface area (Å²) in [5, 5.41) is 2.70. The number of aryl methyl sites for hydroxylation is 1. The minimum absolute atomic E-state index is 0.0732. The van der Waals surface area contributed by atoms with Gasteiger partial charge in [-0.2, -0.15) is 0 Å². The molecule has 0 aliphatic heterocycles. The van der Waals surface area contributed by atoms with Gasteiger partial charge in [-0.05, 0) is 43.0 Å². The van der Waals surface area contributed by atoms with Gasteiger partial charge in [-0.1, -0.05) is 32.6 Å². The maximum absolute atomic E-state index is 11.7. The number of hydrogen-bond donors (Lipinski definition) is 1. The van der Waals surface area contributed by atoms with Crippen molar-refractivity contribution in [2.24, 2.45) is 5.41 Å². The van der Waals surface area contributed by atoms with Crippen LogP contribution in [-0.2, 0) is 4.79 Å². The fraction of sp³-hybridized carbons (Fsp3) is 0.471. The molecule has 110 valence electrons. The first kappa shape index (κ1) is 16.3. The quantitative estimate of drug-likeness (QED) is 0.773. The lowest BCUT2D eigenvalue weighted by molar-refractivity contribution is -0.129. The van der Waals surface area contributed by atoms with Gasteiger partial charge in [0.1, 0.15) is 5.75 Å². The summed E-state index contributed by atoms with van der Waals surface area (Å²) in [6, 6.07) is 6.01. The van der Waals surface area contributed by atoms with Crippen LogP contribution in [0.25, 0.3) is 6.08 Å². The van der Waals surface area contributed by atoms with Crippen molar-refractivity contribution in [1.82, 2.24) is 5.32 Å². The Hall–Kier alpha value is -1.77. The summed E-state index contributed by atoms with van der Waals surface area (Å²) in [6.45, 7) is 10.3. The molecule has 20 heavy (non-hydrogen) atoms. The molecule has 0 radical (unpaired) electrons. The van der Waals surface area contributed by atoms with Crippen LogP contribution in [0.15, 0.2) is 24.8 Å². The minimum atomic E-state index is -0.347. The molecule has 0 saturated carbocycles. The highest BCUT2D eigenvalue weighted by Crippen LogP contribution is 2.24. The fourth-order valence-corrected chi connectivity index (χ4v) is 2.11. The predicted octanol–water partition coefficient (Wildman–Crippen LogP) is 3.57. The van der Waals surface area contributed by atoms with Crippen molar-refractivity contribution >= 4 is 12.0 Å². The molecule has 1 rings (SSSR count). The van der Waals surface area contributed by atoms with Crippen LogP contribution < -0.4 is 10.1 Å². The Kier molecular flexibility index (Phi) is 5.81. The number of benzene rings is 1. The van der Waals surface area contributed by atoms with E-state index in [1.807, 2.05) is 39.0 Å². The molecule has 1 aromatic rings. The molecule has 0 heterocycles. The normalized spacial score (nSPS) is 11.0. The number of hydrogen-bond acceptors (Lipinski definition) is 2. The molecule has 1 N–H and O–H groups in total. The third kappa shape index (κ3) is 4.41. The van der Waals surface area contributed by atoms with Crippen LogP contribution in [-0.4, -0.2) is 19.6 Å². The van der Waals surface area contributed by atoms with Crippen LogP contribution in [0.3, 0.4) is 0 Å². The van der Waals surface area contributed by atoms with E-state index in [1.165, 1.54) is 0 Å².